The van der Waals surface area contributed by atoms with E-state index in [1.165, 1.54) is 24.3 Å². The van der Waals surface area contributed by atoms with Gasteiger partial charge in [0.05, 0.1) is 0 Å². The SMILES string of the molecule is CC/C=C\c1c(F)cccc1F. The molecule has 0 saturated carbocycles. The van der Waals surface area contributed by atoms with Crippen LogP contribution in [-0.4, -0.2) is 0 Å². The Bertz CT molecular complexity index is 270. The van der Waals surface area contributed by atoms with Crippen molar-refractivity contribution in [2.75, 3.05) is 0 Å². The molecule has 0 aliphatic carbocycles. The van der Waals surface area contributed by atoms with Gasteiger partial charge in [0.15, 0.2) is 0 Å². The largest absolute Gasteiger partial charge is 0.206 e. The van der Waals surface area contributed by atoms with Crippen molar-refractivity contribution in [3.8, 4) is 0 Å². The molecule has 0 bridgehead atoms. The van der Waals surface area contributed by atoms with E-state index in [1.54, 1.807) is 6.08 Å². The molecule has 0 aromatic heterocycles. The van der Waals surface area contributed by atoms with E-state index in [2.05, 4.69) is 0 Å². The summed E-state index contributed by atoms with van der Waals surface area (Å²) in [5.41, 5.74) is 0.0411. The lowest BCUT2D eigenvalue weighted by atomic mass is 10.2. The second-order valence-electron chi connectivity index (χ2n) is 2.45. The molecule has 64 valence electrons. The van der Waals surface area contributed by atoms with E-state index in [9.17, 15) is 8.78 Å². The Hall–Kier alpha value is -1.18. The van der Waals surface area contributed by atoms with Crippen molar-refractivity contribution in [3.63, 3.8) is 0 Å². The van der Waals surface area contributed by atoms with Crippen LogP contribution in [0.1, 0.15) is 18.9 Å². The molecule has 0 saturated heterocycles. The molecule has 0 nitrogen and oxygen atoms in total. The second-order valence-corrected chi connectivity index (χ2v) is 2.45. The van der Waals surface area contributed by atoms with E-state index in [4.69, 9.17) is 0 Å². The van der Waals surface area contributed by atoms with Gasteiger partial charge in [0.2, 0.25) is 0 Å². The van der Waals surface area contributed by atoms with Gasteiger partial charge in [-0.15, -0.1) is 0 Å². The maximum Gasteiger partial charge on any atom is 0.133 e. The fourth-order valence-corrected chi connectivity index (χ4v) is 0.906. The van der Waals surface area contributed by atoms with E-state index in [0.29, 0.717) is 0 Å². The van der Waals surface area contributed by atoms with Gasteiger partial charge in [-0.2, -0.15) is 0 Å². The molecule has 2 heteroatoms. The number of hydrogen-bond donors (Lipinski definition) is 0. The third-order valence-corrected chi connectivity index (χ3v) is 1.52. The van der Waals surface area contributed by atoms with Gasteiger partial charge in [0, 0.05) is 5.56 Å². The number of hydrogen-bond acceptors (Lipinski definition) is 0. The van der Waals surface area contributed by atoms with Crippen LogP contribution in [0.4, 0.5) is 8.78 Å². The average Bonchev–Trinajstić information content (AvgIpc) is 2.04. The smallest absolute Gasteiger partial charge is 0.133 e. The van der Waals surface area contributed by atoms with E-state index >= 15 is 0 Å². The lowest BCUT2D eigenvalue weighted by molar-refractivity contribution is 0.578. The number of halogens is 2. The summed E-state index contributed by atoms with van der Waals surface area (Å²) in [6, 6.07) is 3.85. The van der Waals surface area contributed by atoms with Crippen molar-refractivity contribution in [3.05, 3.63) is 41.5 Å². The molecule has 12 heavy (non-hydrogen) atoms. The number of benzene rings is 1. The number of rotatable bonds is 2. The van der Waals surface area contributed by atoms with Crippen LogP contribution in [0.15, 0.2) is 24.3 Å². The van der Waals surface area contributed by atoms with E-state index in [-0.39, 0.29) is 5.56 Å². The molecule has 0 radical (unpaired) electrons. The highest BCUT2D eigenvalue weighted by Crippen LogP contribution is 2.13. The van der Waals surface area contributed by atoms with Crippen LogP contribution in [0.5, 0.6) is 0 Å². The van der Waals surface area contributed by atoms with Crippen LogP contribution >= 0.6 is 0 Å². The standard InChI is InChI=1S/C10H10F2/c1-2-3-5-8-9(11)6-4-7-10(8)12/h3-7H,2H2,1H3/b5-3-. The fourth-order valence-electron chi connectivity index (χ4n) is 0.906. The molecule has 0 N–H and O–H groups in total. The van der Waals surface area contributed by atoms with E-state index in [0.717, 1.165) is 6.42 Å². The fraction of sp³-hybridized carbons (Fsp3) is 0.200. The van der Waals surface area contributed by atoms with Crippen molar-refractivity contribution in [2.24, 2.45) is 0 Å². The molecule has 0 atom stereocenters. The lowest BCUT2D eigenvalue weighted by Crippen LogP contribution is -1.86. The second kappa shape index (κ2) is 4.00. The minimum Gasteiger partial charge on any atom is -0.206 e. The lowest BCUT2D eigenvalue weighted by Gasteiger charge is -1.97. The first-order valence-electron chi connectivity index (χ1n) is 3.86. The Morgan fingerprint density at radius 2 is 1.83 bits per heavy atom. The molecule has 1 aromatic rings. The highest BCUT2D eigenvalue weighted by atomic mass is 19.1. The van der Waals surface area contributed by atoms with Crippen LogP contribution < -0.4 is 0 Å². The molecule has 0 heterocycles. The highest BCUT2D eigenvalue weighted by molar-refractivity contribution is 5.50. The summed E-state index contributed by atoms with van der Waals surface area (Å²) < 4.78 is 25.8. The van der Waals surface area contributed by atoms with Crippen LogP contribution in [0.2, 0.25) is 0 Å². The third-order valence-electron chi connectivity index (χ3n) is 1.52. The van der Waals surface area contributed by atoms with Crippen molar-refractivity contribution >= 4 is 6.08 Å². The van der Waals surface area contributed by atoms with E-state index < -0.39 is 11.6 Å². The van der Waals surface area contributed by atoms with Gasteiger partial charge in [-0.1, -0.05) is 25.1 Å². The first-order chi connectivity index (χ1) is 5.75. The normalized spacial score (nSPS) is 10.9. The Balaban J connectivity index is 3.04. The predicted octanol–water partition coefficient (Wildman–Crippen LogP) is 3.39. The minimum atomic E-state index is -0.514. The van der Waals surface area contributed by atoms with Crippen LogP contribution in [0.25, 0.3) is 6.08 Å². The maximum absolute atomic E-state index is 12.9. The minimum absolute atomic E-state index is 0.0411. The Morgan fingerprint density at radius 3 is 2.33 bits per heavy atom. The zero-order chi connectivity index (χ0) is 8.97. The number of allylic oxidation sites excluding steroid dienone is 1. The molecule has 1 rings (SSSR count). The molecule has 0 aliphatic heterocycles. The van der Waals surface area contributed by atoms with Gasteiger partial charge >= 0.3 is 0 Å². The van der Waals surface area contributed by atoms with E-state index in [1.807, 2.05) is 6.92 Å². The van der Waals surface area contributed by atoms with Gasteiger partial charge in [-0.3, -0.25) is 0 Å². The molecular weight excluding hydrogens is 158 g/mol. The topological polar surface area (TPSA) is 0 Å². The van der Waals surface area contributed by atoms with Gasteiger partial charge in [0.1, 0.15) is 11.6 Å². The molecule has 1 aromatic carbocycles. The molecule has 0 spiro atoms. The third kappa shape index (κ3) is 1.91. The van der Waals surface area contributed by atoms with Crippen molar-refractivity contribution in [1.82, 2.24) is 0 Å². The van der Waals surface area contributed by atoms with Gasteiger partial charge < -0.3 is 0 Å². The summed E-state index contributed by atoms with van der Waals surface area (Å²) in [6.45, 7) is 1.91. The molecule has 0 unspecified atom stereocenters. The quantitative estimate of drug-likeness (QED) is 0.635. The summed E-state index contributed by atoms with van der Waals surface area (Å²) >= 11 is 0. The summed E-state index contributed by atoms with van der Waals surface area (Å²) in [7, 11) is 0. The average molecular weight is 168 g/mol. The summed E-state index contributed by atoms with van der Waals surface area (Å²) in [4.78, 5) is 0. The zero-order valence-corrected chi connectivity index (χ0v) is 6.85. The van der Waals surface area contributed by atoms with Crippen molar-refractivity contribution in [1.29, 1.82) is 0 Å². The van der Waals surface area contributed by atoms with Crippen molar-refractivity contribution in [2.45, 2.75) is 13.3 Å². The van der Waals surface area contributed by atoms with Crippen molar-refractivity contribution < 1.29 is 8.78 Å². The monoisotopic (exact) mass is 168 g/mol. The summed E-state index contributed by atoms with van der Waals surface area (Å²) in [6.07, 6.45) is 3.96. The van der Waals surface area contributed by atoms with Gasteiger partial charge in [0.25, 0.3) is 0 Å². The van der Waals surface area contributed by atoms with Gasteiger partial charge in [-0.25, -0.2) is 8.78 Å². The van der Waals surface area contributed by atoms with Crippen LogP contribution in [-0.2, 0) is 0 Å². The first kappa shape index (κ1) is 8.91. The Labute approximate surface area is 70.5 Å². The van der Waals surface area contributed by atoms with Crippen LogP contribution in [0, 0.1) is 11.6 Å². The van der Waals surface area contributed by atoms with Crippen LogP contribution in [0.3, 0.4) is 0 Å². The summed E-state index contributed by atoms with van der Waals surface area (Å²) in [5, 5.41) is 0. The molecule has 0 aliphatic rings. The molecule has 0 fully saturated rings. The van der Waals surface area contributed by atoms with Gasteiger partial charge in [-0.05, 0) is 18.6 Å². The highest BCUT2D eigenvalue weighted by Gasteiger charge is 2.02. The Morgan fingerprint density at radius 1 is 1.25 bits per heavy atom. The predicted molar refractivity (Wildman–Crippen MR) is 45.7 cm³/mol. The summed E-state index contributed by atoms with van der Waals surface area (Å²) in [5.74, 6) is -1.03. The molecule has 0 amide bonds. The molecular formula is C10H10F2. The zero-order valence-electron chi connectivity index (χ0n) is 6.85. The first-order valence-corrected chi connectivity index (χ1v) is 3.86. The maximum atomic E-state index is 12.9. The Kier molecular flexibility index (Phi) is 2.97.